The maximum absolute atomic E-state index is 11.3. The third kappa shape index (κ3) is 3.63. The molecule has 0 aliphatic rings. The monoisotopic (exact) mass is 353 g/mol. The van der Waals surface area contributed by atoms with Crippen molar-refractivity contribution in [3.8, 4) is 5.75 Å². The van der Waals surface area contributed by atoms with E-state index in [2.05, 4.69) is 35.1 Å². The lowest BCUT2D eigenvalue weighted by molar-refractivity contribution is -0.685. The van der Waals surface area contributed by atoms with Crippen LogP contribution < -0.4 is 9.30 Å². The van der Waals surface area contributed by atoms with Crippen LogP contribution >= 0.6 is 0 Å². The Labute approximate surface area is 153 Å². The van der Waals surface area contributed by atoms with Gasteiger partial charge in [-0.15, -0.1) is 0 Å². The van der Waals surface area contributed by atoms with E-state index in [1.807, 2.05) is 12.1 Å². The molecule has 0 unspecified atom stereocenters. The fourth-order valence-electron chi connectivity index (χ4n) is 3.29. The van der Waals surface area contributed by atoms with Crippen LogP contribution in [0.25, 0.3) is 11.0 Å². The summed E-state index contributed by atoms with van der Waals surface area (Å²) < 4.78 is 10.0. The van der Waals surface area contributed by atoms with E-state index in [4.69, 9.17) is 4.74 Å². The number of nitrogens with zero attached hydrogens (tertiary/aromatic N) is 2. The minimum atomic E-state index is -0.637. The molecule has 3 rings (SSSR count). The average molecular weight is 353 g/mol. The zero-order valence-electron chi connectivity index (χ0n) is 15.5. The van der Waals surface area contributed by atoms with Gasteiger partial charge in [0.15, 0.2) is 16.8 Å². The molecule has 0 saturated carbocycles. The Morgan fingerprint density at radius 1 is 1.19 bits per heavy atom. The molecule has 5 nitrogen and oxygen atoms in total. The molecule has 0 radical (unpaired) electrons. The van der Waals surface area contributed by atoms with Gasteiger partial charge < -0.3 is 9.84 Å². The molecule has 26 heavy (non-hydrogen) atoms. The van der Waals surface area contributed by atoms with Crippen molar-refractivity contribution in [3.05, 3.63) is 59.9 Å². The third-order valence-corrected chi connectivity index (χ3v) is 4.66. The van der Waals surface area contributed by atoms with Crippen molar-refractivity contribution in [3.63, 3.8) is 0 Å². The number of aliphatic hydroxyl groups is 1. The van der Waals surface area contributed by atoms with Gasteiger partial charge in [0.1, 0.15) is 25.0 Å². The smallest absolute Gasteiger partial charge is 0.254 e. The van der Waals surface area contributed by atoms with E-state index in [1.165, 1.54) is 12.4 Å². The number of para-hydroxylation sites is 2. The maximum atomic E-state index is 11.3. The van der Waals surface area contributed by atoms with Gasteiger partial charge in [-0.2, -0.15) is 0 Å². The van der Waals surface area contributed by atoms with Crippen molar-refractivity contribution in [1.82, 2.24) is 4.57 Å². The molecule has 5 heteroatoms. The highest BCUT2D eigenvalue weighted by atomic mass is 16.5. The Morgan fingerprint density at radius 3 is 2.54 bits per heavy atom. The molecular weight excluding hydrogens is 328 g/mol. The van der Waals surface area contributed by atoms with Crippen LogP contribution in [0.5, 0.6) is 5.75 Å². The molecule has 1 aromatic heterocycles. The SMILES string of the molecule is CCn1c(C)[n+](C[C@@H](O)COc2ccc(C(C)=O)cc2)c2ccccc21. The van der Waals surface area contributed by atoms with Crippen LogP contribution in [-0.2, 0) is 13.1 Å². The minimum absolute atomic E-state index is 0.0239. The van der Waals surface area contributed by atoms with Gasteiger partial charge in [0.25, 0.3) is 5.82 Å². The molecule has 0 bridgehead atoms. The predicted molar refractivity (Wildman–Crippen MR) is 100 cm³/mol. The number of ether oxygens (including phenoxy) is 1. The number of aliphatic hydroxyl groups excluding tert-OH is 1. The van der Waals surface area contributed by atoms with Crippen molar-refractivity contribution in [2.45, 2.75) is 40.0 Å². The van der Waals surface area contributed by atoms with Gasteiger partial charge in [-0.05, 0) is 50.2 Å². The van der Waals surface area contributed by atoms with Crippen LogP contribution in [0.15, 0.2) is 48.5 Å². The Hall–Kier alpha value is -2.66. The number of aromatic nitrogens is 2. The van der Waals surface area contributed by atoms with E-state index < -0.39 is 6.10 Å². The molecule has 1 heterocycles. The van der Waals surface area contributed by atoms with Crippen LogP contribution in [0, 0.1) is 6.92 Å². The highest BCUT2D eigenvalue weighted by Crippen LogP contribution is 2.15. The molecule has 0 aliphatic carbocycles. The first kappa shape index (κ1) is 18.1. The van der Waals surface area contributed by atoms with Crippen molar-refractivity contribution < 1.29 is 19.2 Å². The first-order chi connectivity index (χ1) is 12.5. The minimum Gasteiger partial charge on any atom is -0.491 e. The quantitative estimate of drug-likeness (QED) is 0.525. The van der Waals surface area contributed by atoms with Gasteiger partial charge in [0.2, 0.25) is 0 Å². The largest absolute Gasteiger partial charge is 0.491 e. The topological polar surface area (TPSA) is 55.3 Å². The summed E-state index contributed by atoms with van der Waals surface area (Å²) in [6, 6.07) is 15.2. The molecular formula is C21H25N2O3+. The van der Waals surface area contributed by atoms with Crippen LogP contribution in [-0.4, -0.2) is 28.2 Å². The zero-order valence-corrected chi connectivity index (χ0v) is 15.5. The number of imidazole rings is 1. The summed E-state index contributed by atoms with van der Waals surface area (Å²) in [5.41, 5.74) is 2.92. The van der Waals surface area contributed by atoms with Crippen molar-refractivity contribution in [2.75, 3.05) is 6.61 Å². The average Bonchev–Trinajstić information content (AvgIpc) is 2.91. The van der Waals surface area contributed by atoms with Crippen LogP contribution in [0.1, 0.15) is 30.0 Å². The van der Waals surface area contributed by atoms with E-state index in [-0.39, 0.29) is 12.4 Å². The van der Waals surface area contributed by atoms with Gasteiger partial charge in [0, 0.05) is 12.5 Å². The molecule has 0 amide bonds. The van der Waals surface area contributed by atoms with Gasteiger partial charge in [-0.3, -0.25) is 4.79 Å². The third-order valence-electron chi connectivity index (χ3n) is 4.66. The number of aryl methyl sites for hydroxylation is 1. The molecule has 1 N–H and O–H groups in total. The molecule has 0 fully saturated rings. The van der Waals surface area contributed by atoms with Crippen LogP contribution in [0.3, 0.4) is 0 Å². The lowest BCUT2D eigenvalue weighted by Gasteiger charge is -2.12. The van der Waals surface area contributed by atoms with Crippen molar-refractivity contribution in [2.24, 2.45) is 0 Å². The fourth-order valence-corrected chi connectivity index (χ4v) is 3.29. The molecule has 136 valence electrons. The number of hydrogen-bond acceptors (Lipinski definition) is 3. The highest BCUT2D eigenvalue weighted by Gasteiger charge is 2.22. The molecule has 2 aromatic carbocycles. The maximum Gasteiger partial charge on any atom is 0.254 e. The van der Waals surface area contributed by atoms with Crippen molar-refractivity contribution >= 4 is 16.8 Å². The van der Waals surface area contributed by atoms with E-state index in [9.17, 15) is 9.90 Å². The first-order valence-electron chi connectivity index (χ1n) is 8.90. The number of fused-ring (bicyclic) bond motifs is 1. The number of carbonyl (C=O) groups excluding carboxylic acids is 1. The Balaban J connectivity index is 1.70. The van der Waals surface area contributed by atoms with Crippen molar-refractivity contribution in [1.29, 1.82) is 0 Å². The summed E-state index contributed by atoms with van der Waals surface area (Å²) in [4.78, 5) is 11.3. The standard InChI is InChI=1S/C21H25N2O3/c1-4-22-16(3)23(21-8-6-5-7-20(21)22)13-18(25)14-26-19-11-9-17(10-12-19)15(2)24/h5-12,18,25H,4,13-14H2,1-3H3/q+1/t18-/m1/s1. The Kier molecular flexibility index (Phi) is 5.38. The van der Waals surface area contributed by atoms with E-state index >= 15 is 0 Å². The van der Waals surface area contributed by atoms with Gasteiger partial charge >= 0.3 is 0 Å². The number of ketones is 1. The number of hydrogen-bond donors (Lipinski definition) is 1. The second-order valence-corrected chi connectivity index (χ2v) is 6.44. The van der Waals surface area contributed by atoms with Gasteiger partial charge in [-0.1, -0.05) is 12.1 Å². The summed E-state index contributed by atoms with van der Waals surface area (Å²) in [6.07, 6.45) is -0.637. The summed E-state index contributed by atoms with van der Waals surface area (Å²) >= 11 is 0. The summed E-state index contributed by atoms with van der Waals surface area (Å²) in [5.74, 6) is 1.78. The van der Waals surface area contributed by atoms with E-state index in [0.29, 0.717) is 17.9 Å². The summed E-state index contributed by atoms with van der Waals surface area (Å²) in [7, 11) is 0. The normalized spacial score (nSPS) is 12.3. The number of Topliss-reactive ketones (excluding diaryl/α,β-unsaturated/α-hetero) is 1. The van der Waals surface area contributed by atoms with Gasteiger partial charge in [0.05, 0.1) is 6.54 Å². The Morgan fingerprint density at radius 2 is 1.88 bits per heavy atom. The first-order valence-corrected chi connectivity index (χ1v) is 8.90. The number of benzene rings is 2. The zero-order chi connectivity index (χ0) is 18.7. The lowest BCUT2D eigenvalue weighted by atomic mass is 10.1. The second-order valence-electron chi connectivity index (χ2n) is 6.44. The van der Waals surface area contributed by atoms with Crippen LogP contribution in [0.2, 0.25) is 0 Å². The van der Waals surface area contributed by atoms with E-state index in [0.717, 1.165) is 17.9 Å². The predicted octanol–water partition coefficient (Wildman–Crippen LogP) is 2.90. The number of carbonyl (C=O) groups is 1. The highest BCUT2D eigenvalue weighted by molar-refractivity contribution is 5.94. The van der Waals surface area contributed by atoms with E-state index in [1.54, 1.807) is 24.3 Å². The molecule has 0 saturated heterocycles. The van der Waals surface area contributed by atoms with Gasteiger partial charge in [-0.25, -0.2) is 9.13 Å². The summed E-state index contributed by atoms with van der Waals surface area (Å²) in [6.45, 7) is 7.26. The summed E-state index contributed by atoms with van der Waals surface area (Å²) in [5, 5.41) is 10.5. The second kappa shape index (κ2) is 7.70. The van der Waals surface area contributed by atoms with Crippen LogP contribution in [0.4, 0.5) is 0 Å². The Bertz CT molecular complexity index is 913. The molecule has 0 spiro atoms. The fraction of sp³-hybridized carbons (Fsp3) is 0.333. The molecule has 0 aliphatic heterocycles. The lowest BCUT2D eigenvalue weighted by Crippen LogP contribution is -2.44. The molecule has 3 aromatic rings. The number of rotatable bonds is 7. The molecule has 1 atom stereocenters.